The largest absolute Gasteiger partial charge is 0.507 e. The van der Waals surface area contributed by atoms with E-state index < -0.39 is 17.7 Å². The molecule has 2 aromatic carbocycles. The molecule has 4 rings (SSSR count). The van der Waals surface area contributed by atoms with Crippen LogP contribution in [0.4, 0.5) is 5.69 Å². The number of nitrogens with zero attached hydrogens (tertiary/aromatic N) is 2. The van der Waals surface area contributed by atoms with Gasteiger partial charge in [-0.2, -0.15) is 0 Å². The smallest absolute Gasteiger partial charge is 0.300 e. The molecule has 0 radical (unpaired) electrons. The van der Waals surface area contributed by atoms with Crippen LogP contribution in [0, 0.1) is 0 Å². The Morgan fingerprint density at radius 1 is 1.07 bits per heavy atom. The number of amides is 1. The summed E-state index contributed by atoms with van der Waals surface area (Å²) in [7, 11) is 1.54. The fourth-order valence-electron chi connectivity index (χ4n) is 3.46. The number of aliphatic hydroxyl groups is 1. The molecule has 1 atom stereocenters. The van der Waals surface area contributed by atoms with E-state index in [4.69, 9.17) is 16.3 Å². The lowest BCUT2D eigenvalue weighted by Gasteiger charge is -2.25. The highest BCUT2D eigenvalue weighted by atomic mass is 35.5. The van der Waals surface area contributed by atoms with E-state index in [0.29, 0.717) is 27.6 Å². The van der Waals surface area contributed by atoms with Gasteiger partial charge >= 0.3 is 0 Å². The highest BCUT2D eigenvalue weighted by molar-refractivity contribution is 6.51. The van der Waals surface area contributed by atoms with Gasteiger partial charge in [-0.05, 0) is 60.2 Å². The van der Waals surface area contributed by atoms with Crippen molar-refractivity contribution in [3.05, 3.63) is 94.8 Å². The number of carbonyl (C=O) groups excluding carboxylic acids is 2. The van der Waals surface area contributed by atoms with Crippen molar-refractivity contribution >= 4 is 34.7 Å². The monoisotopic (exact) mass is 420 g/mol. The summed E-state index contributed by atoms with van der Waals surface area (Å²) >= 11 is 5.98. The second-order valence-corrected chi connectivity index (χ2v) is 7.10. The number of methoxy groups -OCH3 is 1. The maximum absolute atomic E-state index is 13.0. The number of aliphatic hydroxyl groups excluding tert-OH is 1. The summed E-state index contributed by atoms with van der Waals surface area (Å²) in [6.07, 6.45) is 3.17. The zero-order valence-corrected chi connectivity index (χ0v) is 16.7. The topological polar surface area (TPSA) is 79.7 Å². The molecule has 1 amide bonds. The molecule has 1 aliphatic rings. The summed E-state index contributed by atoms with van der Waals surface area (Å²) < 4.78 is 5.14. The summed E-state index contributed by atoms with van der Waals surface area (Å²) in [6.45, 7) is 0. The van der Waals surface area contributed by atoms with Crippen molar-refractivity contribution in [1.29, 1.82) is 0 Å². The molecule has 30 heavy (non-hydrogen) atoms. The molecular formula is C23H17ClN2O4. The van der Waals surface area contributed by atoms with E-state index in [9.17, 15) is 14.7 Å². The molecule has 1 saturated heterocycles. The molecular weight excluding hydrogens is 404 g/mol. The minimum Gasteiger partial charge on any atom is -0.507 e. The second-order valence-electron chi connectivity index (χ2n) is 6.66. The Kier molecular flexibility index (Phi) is 5.25. The first-order valence-corrected chi connectivity index (χ1v) is 9.50. The van der Waals surface area contributed by atoms with Crippen molar-refractivity contribution in [2.45, 2.75) is 6.04 Å². The summed E-state index contributed by atoms with van der Waals surface area (Å²) in [4.78, 5) is 31.4. The average Bonchev–Trinajstić information content (AvgIpc) is 3.05. The number of carbonyl (C=O) groups is 2. The predicted octanol–water partition coefficient (Wildman–Crippen LogP) is 4.37. The number of hydrogen-bond acceptors (Lipinski definition) is 5. The Morgan fingerprint density at radius 2 is 1.77 bits per heavy atom. The molecule has 6 nitrogen and oxygen atoms in total. The van der Waals surface area contributed by atoms with Gasteiger partial charge in [-0.25, -0.2) is 0 Å². The standard InChI is InChI=1S/C23H17ClN2O4/c1-30-18-10-4-14(5-11-18)21(27)19-20(15-3-2-12-25-13-15)26(23(29)22(19)28)17-8-6-16(24)7-9-17/h2-13,20,27H,1H3/b21-19-. The van der Waals surface area contributed by atoms with Crippen LogP contribution in [0.3, 0.4) is 0 Å². The van der Waals surface area contributed by atoms with Gasteiger partial charge in [-0.1, -0.05) is 17.7 Å². The van der Waals surface area contributed by atoms with Crippen LogP contribution in [0.5, 0.6) is 5.75 Å². The van der Waals surface area contributed by atoms with Crippen molar-refractivity contribution < 1.29 is 19.4 Å². The van der Waals surface area contributed by atoms with E-state index in [0.717, 1.165) is 0 Å². The summed E-state index contributed by atoms with van der Waals surface area (Å²) in [5, 5.41) is 11.5. The van der Waals surface area contributed by atoms with Crippen LogP contribution in [0.15, 0.2) is 78.6 Å². The number of rotatable bonds is 4. The molecule has 7 heteroatoms. The lowest BCUT2D eigenvalue weighted by Crippen LogP contribution is -2.29. The number of Topliss-reactive ketones (excluding diaryl/α,β-unsaturated/α-hetero) is 1. The van der Waals surface area contributed by atoms with Crippen molar-refractivity contribution in [2.24, 2.45) is 0 Å². The van der Waals surface area contributed by atoms with Crippen LogP contribution in [0.1, 0.15) is 17.2 Å². The van der Waals surface area contributed by atoms with Gasteiger partial charge in [0.25, 0.3) is 11.7 Å². The average molecular weight is 421 g/mol. The third-order valence-corrected chi connectivity index (χ3v) is 5.16. The van der Waals surface area contributed by atoms with E-state index in [2.05, 4.69) is 4.98 Å². The Balaban J connectivity index is 1.90. The first kappa shape index (κ1) is 19.7. The number of ether oxygens (including phenoxy) is 1. The number of benzene rings is 2. The van der Waals surface area contributed by atoms with Crippen LogP contribution in [0.25, 0.3) is 5.76 Å². The molecule has 1 N–H and O–H groups in total. The van der Waals surface area contributed by atoms with Crippen LogP contribution >= 0.6 is 11.6 Å². The third kappa shape index (κ3) is 3.42. The SMILES string of the molecule is COc1ccc(/C(O)=C2/C(=O)C(=O)N(c3ccc(Cl)cc3)C2c2cccnc2)cc1. The van der Waals surface area contributed by atoms with Gasteiger partial charge in [0.15, 0.2) is 0 Å². The van der Waals surface area contributed by atoms with E-state index in [1.807, 2.05) is 0 Å². The molecule has 2 heterocycles. The molecule has 1 unspecified atom stereocenters. The Bertz CT molecular complexity index is 1130. The summed E-state index contributed by atoms with van der Waals surface area (Å²) in [5.74, 6) is -1.16. The molecule has 1 aromatic heterocycles. The van der Waals surface area contributed by atoms with Crippen LogP contribution < -0.4 is 9.64 Å². The molecule has 3 aromatic rings. The lowest BCUT2D eigenvalue weighted by molar-refractivity contribution is -0.132. The molecule has 0 saturated carbocycles. The maximum atomic E-state index is 13.0. The Morgan fingerprint density at radius 3 is 2.37 bits per heavy atom. The van der Waals surface area contributed by atoms with Crippen molar-refractivity contribution in [3.63, 3.8) is 0 Å². The van der Waals surface area contributed by atoms with Gasteiger partial charge in [-0.15, -0.1) is 0 Å². The van der Waals surface area contributed by atoms with E-state index in [-0.39, 0.29) is 11.3 Å². The first-order chi connectivity index (χ1) is 14.5. The molecule has 0 aliphatic carbocycles. The van der Waals surface area contributed by atoms with E-state index >= 15 is 0 Å². The van der Waals surface area contributed by atoms with Gasteiger partial charge in [0.2, 0.25) is 0 Å². The number of anilines is 1. The predicted molar refractivity (Wildman–Crippen MR) is 113 cm³/mol. The van der Waals surface area contributed by atoms with Crippen molar-refractivity contribution in [2.75, 3.05) is 12.0 Å². The fraction of sp³-hybridized carbons (Fsp3) is 0.0870. The van der Waals surface area contributed by atoms with Gasteiger partial charge in [0.1, 0.15) is 11.5 Å². The first-order valence-electron chi connectivity index (χ1n) is 9.12. The van der Waals surface area contributed by atoms with E-state index in [1.165, 1.54) is 12.0 Å². The zero-order chi connectivity index (χ0) is 21.3. The number of aromatic nitrogens is 1. The van der Waals surface area contributed by atoms with Gasteiger partial charge in [-0.3, -0.25) is 19.5 Å². The Hall–Kier alpha value is -3.64. The highest BCUT2D eigenvalue weighted by Gasteiger charge is 2.47. The molecule has 0 spiro atoms. The number of hydrogen-bond donors (Lipinski definition) is 1. The Labute approximate surface area is 178 Å². The van der Waals surface area contributed by atoms with Gasteiger partial charge in [0, 0.05) is 28.7 Å². The minimum atomic E-state index is -0.832. The summed E-state index contributed by atoms with van der Waals surface area (Å²) in [5.41, 5.74) is 1.48. The lowest BCUT2D eigenvalue weighted by atomic mass is 9.96. The van der Waals surface area contributed by atoms with Crippen molar-refractivity contribution in [1.82, 2.24) is 4.98 Å². The number of ketones is 1. The van der Waals surface area contributed by atoms with E-state index in [1.54, 1.807) is 73.1 Å². The number of halogens is 1. The van der Waals surface area contributed by atoms with Gasteiger partial charge in [0.05, 0.1) is 18.7 Å². The molecule has 150 valence electrons. The van der Waals surface area contributed by atoms with Crippen molar-refractivity contribution in [3.8, 4) is 5.75 Å². The van der Waals surface area contributed by atoms with Crippen LogP contribution in [-0.2, 0) is 9.59 Å². The fourth-order valence-corrected chi connectivity index (χ4v) is 3.58. The summed E-state index contributed by atoms with van der Waals surface area (Å²) in [6, 6.07) is 15.8. The molecule has 1 aliphatic heterocycles. The zero-order valence-electron chi connectivity index (χ0n) is 15.9. The molecule has 1 fully saturated rings. The highest BCUT2D eigenvalue weighted by Crippen LogP contribution is 2.42. The second kappa shape index (κ2) is 8.00. The number of pyridine rings is 1. The quantitative estimate of drug-likeness (QED) is 0.385. The normalized spacial score (nSPS) is 17.9. The molecule has 0 bridgehead atoms. The third-order valence-electron chi connectivity index (χ3n) is 4.91. The van der Waals surface area contributed by atoms with Crippen LogP contribution in [-0.4, -0.2) is 28.9 Å². The van der Waals surface area contributed by atoms with Crippen LogP contribution in [0.2, 0.25) is 5.02 Å². The van der Waals surface area contributed by atoms with Gasteiger partial charge < -0.3 is 9.84 Å². The minimum absolute atomic E-state index is 0.00637. The maximum Gasteiger partial charge on any atom is 0.300 e.